The number of nitrogens with one attached hydrogen (secondary N) is 1. The lowest BCUT2D eigenvalue weighted by Gasteiger charge is -2.16. The van der Waals surface area contributed by atoms with Gasteiger partial charge < -0.3 is 4.74 Å². The molecular weight excluding hydrogens is 334 g/mol. The molecule has 0 heterocycles. The van der Waals surface area contributed by atoms with Crippen molar-refractivity contribution in [2.24, 2.45) is 0 Å². The highest BCUT2D eigenvalue weighted by molar-refractivity contribution is 7.93. The summed E-state index contributed by atoms with van der Waals surface area (Å²) in [7, 11) is -2.15. The van der Waals surface area contributed by atoms with E-state index in [4.69, 9.17) is 4.74 Å². The minimum atomic E-state index is -3.73. The summed E-state index contributed by atoms with van der Waals surface area (Å²) in [6, 6.07) is 16.4. The van der Waals surface area contributed by atoms with Crippen LogP contribution in [0, 0.1) is 6.92 Å². The zero-order valence-corrected chi connectivity index (χ0v) is 15.4. The van der Waals surface area contributed by atoms with Gasteiger partial charge >= 0.3 is 0 Å². The molecule has 0 amide bonds. The van der Waals surface area contributed by atoms with Crippen molar-refractivity contribution in [3.8, 4) is 5.75 Å². The van der Waals surface area contributed by atoms with Gasteiger partial charge in [0.1, 0.15) is 5.75 Å². The second-order valence-corrected chi connectivity index (χ2v) is 7.53. The van der Waals surface area contributed by atoms with Crippen LogP contribution >= 0.6 is 0 Å². The van der Waals surface area contributed by atoms with Gasteiger partial charge in [0.15, 0.2) is 0 Å². The van der Waals surface area contributed by atoms with Gasteiger partial charge in [0, 0.05) is 10.8 Å². The maximum absolute atomic E-state index is 13.1. The van der Waals surface area contributed by atoms with Gasteiger partial charge in [-0.3, -0.25) is 4.72 Å². The Labute approximate surface area is 148 Å². The smallest absolute Gasteiger partial charge is 0.262 e. The third-order valence-corrected chi connectivity index (χ3v) is 5.74. The van der Waals surface area contributed by atoms with Gasteiger partial charge in [-0.15, -0.1) is 0 Å². The van der Waals surface area contributed by atoms with Crippen molar-refractivity contribution in [1.82, 2.24) is 0 Å². The van der Waals surface area contributed by atoms with E-state index in [2.05, 4.69) is 4.72 Å². The first kappa shape index (κ1) is 17.3. The Balaban J connectivity index is 2.15. The Bertz CT molecular complexity index is 1030. The molecule has 0 atom stereocenters. The molecule has 0 aromatic heterocycles. The summed E-state index contributed by atoms with van der Waals surface area (Å²) in [5, 5.41) is 1.41. The van der Waals surface area contributed by atoms with Crippen LogP contribution in [0.3, 0.4) is 0 Å². The molecule has 0 aliphatic carbocycles. The maximum atomic E-state index is 13.1. The van der Waals surface area contributed by atoms with Crippen molar-refractivity contribution in [2.45, 2.75) is 25.2 Å². The highest BCUT2D eigenvalue weighted by Gasteiger charge is 2.20. The van der Waals surface area contributed by atoms with E-state index < -0.39 is 10.0 Å². The molecule has 0 spiro atoms. The number of methoxy groups -OCH3 is 1. The van der Waals surface area contributed by atoms with E-state index in [1.807, 2.05) is 50.2 Å². The Morgan fingerprint density at radius 2 is 1.68 bits per heavy atom. The number of ether oxygens (including phenoxy) is 1. The highest BCUT2D eigenvalue weighted by Crippen LogP contribution is 2.32. The van der Waals surface area contributed by atoms with E-state index in [9.17, 15) is 8.42 Å². The number of hydrogen-bond donors (Lipinski definition) is 1. The molecule has 0 bridgehead atoms. The molecule has 0 aliphatic heterocycles. The average Bonchev–Trinajstić information content (AvgIpc) is 2.62. The summed E-state index contributed by atoms with van der Waals surface area (Å²) in [5.74, 6) is 0.652. The van der Waals surface area contributed by atoms with Crippen LogP contribution in [0.5, 0.6) is 5.75 Å². The molecule has 0 aliphatic rings. The minimum Gasteiger partial charge on any atom is -0.496 e. The number of rotatable bonds is 5. The maximum Gasteiger partial charge on any atom is 0.262 e. The molecule has 5 heteroatoms. The fourth-order valence-corrected chi connectivity index (χ4v) is 4.40. The van der Waals surface area contributed by atoms with E-state index in [1.165, 1.54) is 0 Å². The van der Waals surface area contributed by atoms with E-state index in [0.717, 1.165) is 22.9 Å². The van der Waals surface area contributed by atoms with E-state index in [-0.39, 0.29) is 4.90 Å². The molecule has 0 saturated heterocycles. The lowest BCUT2D eigenvalue weighted by Crippen LogP contribution is -2.15. The SMILES string of the molecule is CCc1cccc(C)c1NS(=O)(=O)c1ccc(OC)c2ccccc12. The fraction of sp³-hybridized carbons (Fsp3) is 0.200. The topological polar surface area (TPSA) is 55.4 Å². The average molecular weight is 355 g/mol. The van der Waals surface area contributed by atoms with Gasteiger partial charge in [0.25, 0.3) is 10.0 Å². The molecule has 3 aromatic carbocycles. The second-order valence-electron chi connectivity index (χ2n) is 5.88. The molecule has 0 saturated carbocycles. The van der Waals surface area contributed by atoms with Crippen LogP contribution in [0.2, 0.25) is 0 Å². The van der Waals surface area contributed by atoms with Gasteiger partial charge in [0.05, 0.1) is 17.7 Å². The van der Waals surface area contributed by atoms with Crippen molar-refractivity contribution in [1.29, 1.82) is 0 Å². The van der Waals surface area contributed by atoms with Crippen LogP contribution in [0.15, 0.2) is 59.5 Å². The summed E-state index contributed by atoms with van der Waals surface area (Å²) >= 11 is 0. The standard InChI is InChI=1S/C20H21NO3S/c1-4-15-9-7-8-14(2)20(15)21-25(22,23)19-13-12-18(24-3)16-10-5-6-11-17(16)19/h5-13,21H,4H2,1-3H3. The Hall–Kier alpha value is -2.53. The number of anilines is 1. The molecule has 0 unspecified atom stereocenters. The van der Waals surface area contributed by atoms with Gasteiger partial charge in [0.2, 0.25) is 0 Å². The number of para-hydroxylation sites is 1. The molecular formula is C20H21NO3S. The van der Waals surface area contributed by atoms with Crippen LogP contribution in [-0.2, 0) is 16.4 Å². The van der Waals surface area contributed by atoms with Gasteiger partial charge in [-0.1, -0.05) is 49.4 Å². The Morgan fingerprint density at radius 1 is 0.960 bits per heavy atom. The first-order valence-electron chi connectivity index (χ1n) is 8.15. The third-order valence-electron chi connectivity index (χ3n) is 4.33. The van der Waals surface area contributed by atoms with E-state index in [1.54, 1.807) is 25.3 Å². The lowest BCUT2D eigenvalue weighted by molar-refractivity contribution is 0.419. The van der Waals surface area contributed by atoms with Crippen LogP contribution in [0.25, 0.3) is 10.8 Å². The lowest BCUT2D eigenvalue weighted by atomic mass is 10.1. The highest BCUT2D eigenvalue weighted by atomic mass is 32.2. The summed E-state index contributed by atoms with van der Waals surface area (Å²) < 4.78 is 34.3. The largest absolute Gasteiger partial charge is 0.496 e. The summed E-state index contributed by atoms with van der Waals surface area (Å²) in [4.78, 5) is 0.245. The Kier molecular flexibility index (Phi) is 4.68. The van der Waals surface area contributed by atoms with Crippen molar-refractivity contribution in [3.63, 3.8) is 0 Å². The zero-order chi connectivity index (χ0) is 18.0. The molecule has 0 fully saturated rings. The molecule has 0 radical (unpaired) electrons. The third kappa shape index (κ3) is 3.20. The molecule has 130 valence electrons. The van der Waals surface area contributed by atoms with E-state index >= 15 is 0 Å². The summed E-state index contributed by atoms with van der Waals surface area (Å²) in [5.41, 5.74) is 2.53. The zero-order valence-electron chi connectivity index (χ0n) is 14.5. The first-order valence-corrected chi connectivity index (χ1v) is 9.63. The molecule has 3 aromatic rings. The number of sulfonamides is 1. The number of hydrogen-bond acceptors (Lipinski definition) is 3. The normalized spacial score (nSPS) is 11.5. The van der Waals surface area contributed by atoms with Crippen molar-refractivity contribution in [3.05, 3.63) is 65.7 Å². The van der Waals surface area contributed by atoms with Gasteiger partial charge in [-0.05, 0) is 36.6 Å². The fourth-order valence-electron chi connectivity index (χ4n) is 3.01. The van der Waals surface area contributed by atoms with Crippen molar-refractivity contribution in [2.75, 3.05) is 11.8 Å². The van der Waals surface area contributed by atoms with Crippen LogP contribution < -0.4 is 9.46 Å². The molecule has 25 heavy (non-hydrogen) atoms. The number of benzene rings is 3. The molecule has 3 rings (SSSR count). The van der Waals surface area contributed by atoms with Crippen LogP contribution in [0.1, 0.15) is 18.1 Å². The quantitative estimate of drug-likeness (QED) is 0.732. The molecule has 1 N–H and O–H groups in total. The number of aryl methyl sites for hydroxylation is 2. The predicted molar refractivity (Wildman–Crippen MR) is 102 cm³/mol. The summed E-state index contributed by atoms with van der Waals surface area (Å²) in [6.45, 7) is 3.92. The monoisotopic (exact) mass is 355 g/mol. The predicted octanol–water partition coefficient (Wildman–Crippen LogP) is 4.52. The summed E-state index contributed by atoms with van der Waals surface area (Å²) in [6.07, 6.45) is 0.753. The first-order chi connectivity index (χ1) is 12.0. The van der Waals surface area contributed by atoms with Crippen molar-refractivity contribution >= 4 is 26.5 Å². The second kappa shape index (κ2) is 6.76. The van der Waals surface area contributed by atoms with Gasteiger partial charge in [-0.25, -0.2) is 8.42 Å². The van der Waals surface area contributed by atoms with Crippen LogP contribution in [0.4, 0.5) is 5.69 Å². The molecule has 4 nitrogen and oxygen atoms in total. The Morgan fingerprint density at radius 3 is 2.36 bits per heavy atom. The number of fused-ring (bicyclic) bond motifs is 1. The minimum absolute atomic E-state index is 0.245. The van der Waals surface area contributed by atoms with Crippen molar-refractivity contribution < 1.29 is 13.2 Å². The van der Waals surface area contributed by atoms with E-state index in [0.29, 0.717) is 16.8 Å². The van der Waals surface area contributed by atoms with Crippen LogP contribution in [-0.4, -0.2) is 15.5 Å². The van der Waals surface area contributed by atoms with Gasteiger partial charge in [-0.2, -0.15) is 0 Å².